The molecule has 3 N–H and O–H groups in total. The van der Waals surface area contributed by atoms with Crippen molar-refractivity contribution in [3.05, 3.63) is 11.1 Å². The minimum atomic E-state index is -4.23. The minimum absolute atomic E-state index is 0.0178. The monoisotopic (exact) mass is 208 g/mol. The van der Waals surface area contributed by atoms with Gasteiger partial charge in [-0.1, -0.05) is 0 Å². The molecule has 0 aliphatic heterocycles. The van der Waals surface area contributed by atoms with Gasteiger partial charge in [-0.05, 0) is 26.3 Å². The number of aliphatic carboxylic acids is 1. The Balaban J connectivity index is 5.00. The van der Waals surface area contributed by atoms with Gasteiger partial charge in [-0.2, -0.15) is 0 Å². The van der Waals surface area contributed by atoms with Crippen LogP contribution < -0.4 is 0 Å². The molecule has 0 saturated heterocycles. The Hall–Kier alpha value is -0.640. The first-order chi connectivity index (χ1) is 5.68. The summed E-state index contributed by atoms with van der Waals surface area (Å²) in [6.07, 6.45) is 0. The van der Waals surface area contributed by atoms with Gasteiger partial charge in [0, 0.05) is 5.57 Å². The largest absolute Gasteiger partial charge is 0.478 e. The smallest absolute Gasteiger partial charge is 0.332 e. The van der Waals surface area contributed by atoms with Crippen molar-refractivity contribution >= 4 is 13.6 Å². The van der Waals surface area contributed by atoms with Gasteiger partial charge in [-0.3, -0.25) is 4.57 Å². The zero-order valence-corrected chi connectivity index (χ0v) is 8.58. The molecule has 0 aliphatic rings. The number of hydrogen-bond donors (Lipinski definition) is 3. The average Bonchev–Trinajstić information content (AvgIpc) is 1.98. The molecule has 0 bridgehead atoms. The Morgan fingerprint density at radius 3 is 1.92 bits per heavy atom. The molecule has 0 radical (unpaired) electrons. The van der Waals surface area contributed by atoms with Crippen LogP contribution in [0.5, 0.6) is 0 Å². The molecule has 0 aliphatic carbocycles. The van der Waals surface area contributed by atoms with E-state index in [1.54, 1.807) is 0 Å². The van der Waals surface area contributed by atoms with E-state index in [1.807, 2.05) is 0 Å². The maximum Gasteiger partial charge on any atom is 0.332 e. The summed E-state index contributed by atoms with van der Waals surface area (Å²) in [5.41, 5.74) is -0.847. The highest BCUT2D eigenvalue weighted by atomic mass is 31.2. The van der Waals surface area contributed by atoms with Gasteiger partial charge in [0.1, 0.15) is 0 Å². The van der Waals surface area contributed by atoms with Crippen LogP contribution in [0.2, 0.25) is 0 Å². The fraction of sp³-hybridized carbons (Fsp3) is 0.571. The van der Waals surface area contributed by atoms with Gasteiger partial charge >= 0.3 is 13.6 Å². The van der Waals surface area contributed by atoms with Crippen molar-refractivity contribution < 1.29 is 24.3 Å². The lowest BCUT2D eigenvalue weighted by molar-refractivity contribution is -0.132. The van der Waals surface area contributed by atoms with E-state index in [9.17, 15) is 9.36 Å². The van der Waals surface area contributed by atoms with Crippen LogP contribution in [0, 0.1) is 0 Å². The van der Waals surface area contributed by atoms with Crippen LogP contribution in [-0.2, 0) is 9.36 Å². The number of carboxylic acids is 1. The van der Waals surface area contributed by atoms with Crippen molar-refractivity contribution in [1.29, 1.82) is 0 Å². The third kappa shape index (κ3) is 3.30. The van der Waals surface area contributed by atoms with E-state index in [2.05, 4.69) is 0 Å². The molecule has 1 atom stereocenters. The third-order valence-corrected chi connectivity index (χ3v) is 3.44. The van der Waals surface area contributed by atoms with Crippen LogP contribution in [-0.4, -0.2) is 26.5 Å². The Bertz CT molecular complexity index is 287. The van der Waals surface area contributed by atoms with Crippen molar-refractivity contribution in [3.63, 3.8) is 0 Å². The maximum atomic E-state index is 10.8. The predicted molar refractivity (Wildman–Crippen MR) is 47.5 cm³/mol. The van der Waals surface area contributed by atoms with Gasteiger partial charge in [0.2, 0.25) is 0 Å². The van der Waals surface area contributed by atoms with E-state index >= 15 is 0 Å². The minimum Gasteiger partial charge on any atom is -0.478 e. The van der Waals surface area contributed by atoms with Crippen molar-refractivity contribution in [2.24, 2.45) is 0 Å². The summed E-state index contributed by atoms with van der Waals surface area (Å²) in [5, 5.41) is 8.56. The molecule has 1 unspecified atom stereocenters. The molecule has 0 spiro atoms. The lowest BCUT2D eigenvalue weighted by Crippen LogP contribution is -2.10. The molecule has 0 fully saturated rings. The van der Waals surface area contributed by atoms with Crippen LogP contribution in [0.25, 0.3) is 0 Å². The number of carboxylic acid groups (broad SMARTS) is 1. The molecule has 5 nitrogen and oxygen atoms in total. The second-order valence-electron chi connectivity index (χ2n) is 2.88. The summed E-state index contributed by atoms with van der Waals surface area (Å²) in [7, 11) is -4.23. The van der Waals surface area contributed by atoms with Crippen molar-refractivity contribution in [2.75, 3.05) is 0 Å². The summed E-state index contributed by atoms with van der Waals surface area (Å²) in [6.45, 7) is 4.04. The summed E-state index contributed by atoms with van der Waals surface area (Å²) in [5.74, 6) is -1.15. The quantitative estimate of drug-likeness (QED) is 0.474. The number of rotatable bonds is 3. The molecule has 6 heteroatoms. The molecular formula is C7H13O5P. The first-order valence-electron chi connectivity index (χ1n) is 3.63. The summed E-state index contributed by atoms with van der Waals surface area (Å²) >= 11 is 0. The number of carbonyl (C=O) groups is 1. The van der Waals surface area contributed by atoms with Crippen LogP contribution in [0.1, 0.15) is 20.8 Å². The summed E-state index contributed by atoms with van der Waals surface area (Å²) < 4.78 is 10.8. The number of hydrogen-bond acceptors (Lipinski definition) is 2. The lowest BCUT2D eigenvalue weighted by atomic mass is 10.1. The number of allylic oxidation sites excluding steroid dienone is 1. The van der Waals surface area contributed by atoms with E-state index in [0.29, 0.717) is 0 Å². The Morgan fingerprint density at radius 2 is 1.69 bits per heavy atom. The fourth-order valence-electron chi connectivity index (χ4n) is 0.734. The Labute approximate surface area is 76.2 Å². The highest BCUT2D eigenvalue weighted by Crippen LogP contribution is 2.44. The molecule has 76 valence electrons. The van der Waals surface area contributed by atoms with Crippen LogP contribution in [0.4, 0.5) is 0 Å². The summed E-state index contributed by atoms with van der Waals surface area (Å²) in [6, 6.07) is 0. The van der Waals surface area contributed by atoms with Gasteiger partial charge in [-0.25, -0.2) is 4.79 Å². The van der Waals surface area contributed by atoms with E-state index in [0.717, 1.165) is 0 Å². The Morgan fingerprint density at radius 1 is 1.31 bits per heavy atom. The van der Waals surface area contributed by atoms with Crippen molar-refractivity contribution in [3.8, 4) is 0 Å². The molecule has 13 heavy (non-hydrogen) atoms. The van der Waals surface area contributed by atoms with Crippen molar-refractivity contribution in [2.45, 2.75) is 26.4 Å². The zero-order valence-electron chi connectivity index (χ0n) is 7.68. The van der Waals surface area contributed by atoms with Gasteiger partial charge in [0.15, 0.2) is 0 Å². The molecule has 0 saturated carbocycles. The molecule has 0 aromatic heterocycles. The lowest BCUT2D eigenvalue weighted by Gasteiger charge is -2.15. The predicted octanol–water partition coefficient (Wildman–Crippen LogP) is 0.974. The normalized spacial score (nSPS) is 16.4. The molecule has 0 aromatic carbocycles. The van der Waals surface area contributed by atoms with E-state index in [-0.39, 0.29) is 11.1 Å². The molecule has 0 rings (SSSR count). The van der Waals surface area contributed by atoms with E-state index < -0.39 is 19.2 Å². The zero-order chi connectivity index (χ0) is 10.8. The first-order valence-corrected chi connectivity index (χ1v) is 5.32. The van der Waals surface area contributed by atoms with Gasteiger partial charge in [0.05, 0.1) is 5.66 Å². The highest BCUT2D eigenvalue weighted by Gasteiger charge is 2.27. The van der Waals surface area contributed by atoms with E-state index in [4.69, 9.17) is 14.9 Å². The molecule has 0 heterocycles. The van der Waals surface area contributed by atoms with Crippen LogP contribution in [0.15, 0.2) is 11.1 Å². The molecular weight excluding hydrogens is 195 g/mol. The summed E-state index contributed by atoms with van der Waals surface area (Å²) in [4.78, 5) is 28.0. The third-order valence-electron chi connectivity index (χ3n) is 2.04. The second kappa shape index (κ2) is 4.05. The van der Waals surface area contributed by atoms with Gasteiger partial charge in [-0.15, -0.1) is 0 Å². The molecule has 0 aromatic rings. The molecule has 0 amide bonds. The maximum absolute atomic E-state index is 10.8. The topological polar surface area (TPSA) is 94.8 Å². The first kappa shape index (κ1) is 12.4. The average molecular weight is 208 g/mol. The highest BCUT2D eigenvalue weighted by molar-refractivity contribution is 7.52. The van der Waals surface area contributed by atoms with E-state index in [1.165, 1.54) is 20.8 Å². The van der Waals surface area contributed by atoms with Gasteiger partial charge < -0.3 is 14.9 Å². The van der Waals surface area contributed by atoms with Crippen LogP contribution >= 0.6 is 7.60 Å². The fourth-order valence-corrected chi connectivity index (χ4v) is 1.43. The van der Waals surface area contributed by atoms with Crippen molar-refractivity contribution in [1.82, 2.24) is 0 Å². The SMILES string of the molecule is C/C(C(=O)O)=C(\C)C(C)P(=O)(O)O. The van der Waals surface area contributed by atoms with Gasteiger partial charge in [0.25, 0.3) is 0 Å². The van der Waals surface area contributed by atoms with Crippen LogP contribution in [0.3, 0.4) is 0 Å². The standard InChI is InChI=1S/C7H13O5P/c1-4(5(2)7(8)9)6(3)13(10,11)12/h6H,1-3H3,(H,8,9)(H2,10,11,12)/b5-4-. The second-order valence-corrected chi connectivity index (χ2v) is 4.83. The Kier molecular flexibility index (Phi) is 3.85.